The predicted octanol–water partition coefficient (Wildman–Crippen LogP) is 5.28. The molecule has 4 nitrogen and oxygen atoms in total. The molecule has 0 radical (unpaired) electrons. The molecule has 142 valence electrons. The lowest BCUT2D eigenvalue weighted by Gasteiger charge is -2.25. The Morgan fingerprint density at radius 3 is 2.56 bits per heavy atom. The van der Waals surface area contributed by atoms with Crippen LogP contribution >= 0.6 is 0 Å². The Bertz CT molecular complexity index is 774. The third kappa shape index (κ3) is 5.44. The molecule has 2 aromatic carbocycles. The van der Waals surface area contributed by atoms with Crippen LogP contribution in [0.5, 0.6) is 11.5 Å². The Labute approximate surface area is 160 Å². The average Bonchev–Trinajstić information content (AvgIpc) is 2.67. The van der Waals surface area contributed by atoms with Gasteiger partial charge in [0.1, 0.15) is 17.1 Å². The van der Waals surface area contributed by atoms with Crippen LogP contribution in [0.3, 0.4) is 0 Å². The van der Waals surface area contributed by atoms with Crippen molar-refractivity contribution in [3.8, 4) is 11.5 Å². The lowest BCUT2D eigenvalue weighted by Crippen LogP contribution is -2.26. The van der Waals surface area contributed by atoms with Crippen molar-refractivity contribution in [3.05, 3.63) is 65.7 Å². The highest BCUT2D eigenvalue weighted by molar-refractivity contribution is 6.10. The van der Waals surface area contributed by atoms with E-state index in [0.29, 0.717) is 23.7 Å². The SMILES string of the molecule is CC(C)Oc1cccc(OC2CCCCO2)c1C(=O)/C=C/c1ccccc1. The number of ketones is 1. The van der Waals surface area contributed by atoms with E-state index in [1.54, 1.807) is 24.3 Å². The minimum atomic E-state index is -0.322. The maximum Gasteiger partial charge on any atom is 0.199 e. The molecule has 4 heteroatoms. The first-order valence-electron chi connectivity index (χ1n) is 9.49. The number of hydrogen-bond donors (Lipinski definition) is 0. The maximum atomic E-state index is 13.0. The van der Waals surface area contributed by atoms with E-state index < -0.39 is 0 Å². The number of carbonyl (C=O) groups excluding carboxylic acids is 1. The van der Waals surface area contributed by atoms with Gasteiger partial charge in [-0.15, -0.1) is 0 Å². The number of hydrogen-bond acceptors (Lipinski definition) is 4. The Morgan fingerprint density at radius 2 is 1.85 bits per heavy atom. The summed E-state index contributed by atoms with van der Waals surface area (Å²) in [5.74, 6) is 0.879. The third-order valence-corrected chi connectivity index (χ3v) is 4.22. The zero-order valence-electron chi connectivity index (χ0n) is 15.9. The summed E-state index contributed by atoms with van der Waals surface area (Å²) in [5, 5.41) is 0. The molecule has 0 saturated carbocycles. The number of ether oxygens (including phenoxy) is 3. The lowest BCUT2D eigenvalue weighted by atomic mass is 10.1. The van der Waals surface area contributed by atoms with Crippen molar-refractivity contribution in [3.63, 3.8) is 0 Å². The van der Waals surface area contributed by atoms with Gasteiger partial charge >= 0.3 is 0 Å². The Morgan fingerprint density at radius 1 is 1.07 bits per heavy atom. The Hall–Kier alpha value is -2.59. The highest BCUT2D eigenvalue weighted by Crippen LogP contribution is 2.32. The van der Waals surface area contributed by atoms with Gasteiger partial charge in [0.25, 0.3) is 0 Å². The van der Waals surface area contributed by atoms with Crippen LogP contribution < -0.4 is 9.47 Å². The van der Waals surface area contributed by atoms with Gasteiger partial charge in [-0.1, -0.05) is 42.5 Å². The van der Waals surface area contributed by atoms with E-state index in [1.807, 2.05) is 50.2 Å². The molecule has 1 unspecified atom stereocenters. The van der Waals surface area contributed by atoms with Gasteiger partial charge in [-0.2, -0.15) is 0 Å². The Balaban J connectivity index is 1.88. The van der Waals surface area contributed by atoms with E-state index in [0.717, 1.165) is 24.8 Å². The van der Waals surface area contributed by atoms with Crippen LogP contribution in [0.15, 0.2) is 54.6 Å². The molecule has 3 rings (SSSR count). The fraction of sp³-hybridized carbons (Fsp3) is 0.348. The summed E-state index contributed by atoms with van der Waals surface area (Å²) in [7, 11) is 0. The van der Waals surface area contributed by atoms with Crippen LogP contribution in [-0.4, -0.2) is 24.8 Å². The van der Waals surface area contributed by atoms with Gasteiger partial charge in [0.15, 0.2) is 12.1 Å². The second-order valence-electron chi connectivity index (χ2n) is 6.82. The van der Waals surface area contributed by atoms with Gasteiger partial charge in [-0.05, 0) is 50.5 Å². The van der Waals surface area contributed by atoms with E-state index >= 15 is 0 Å². The van der Waals surface area contributed by atoms with Crippen molar-refractivity contribution in [1.29, 1.82) is 0 Å². The molecule has 1 fully saturated rings. The van der Waals surface area contributed by atoms with Crippen molar-refractivity contribution in [1.82, 2.24) is 0 Å². The normalized spacial score (nSPS) is 17.2. The minimum absolute atomic E-state index is 0.0455. The summed E-state index contributed by atoms with van der Waals surface area (Å²) in [5.41, 5.74) is 1.40. The van der Waals surface area contributed by atoms with Gasteiger partial charge in [0.05, 0.1) is 12.7 Å². The Kier molecular flexibility index (Phi) is 6.66. The number of rotatable bonds is 7. The lowest BCUT2D eigenvalue weighted by molar-refractivity contribution is -0.106. The zero-order valence-corrected chi connectivity index (χ0v) is 15.9. The first-order valence-corrected chi connectivity index (χ1v) is 9.49. The molecule has 0 spiro atoms. The van der Waals surface area contributed by atoms with Gasteiger partial charge in [0, 0.05) is 6.42 Å². The molecule has 1 aliphatic rings. The zero-order chi connectivity index (χ0) is 19.1. The maximum absolute atomic E-state index is 13.0. The van der Waals surface area contributed by atoms with E-state index in [2.05, 4.69) is 0 Å². The fourth-order valence-electron chi connectivity index (χ4n) is 2.97. The van der Waals surface area contributed by atoms with Crippen molar-refractivity contribution < 1.29 is 19.0 Å². The minimum Gasteiger partial charge on any atom is -0.490 e. The van der Waals surface area contributed by atoms with Crippen LogP contribution in [0.4, 0.5) is 0 Å². The van der Waals surface area contributed by atoms with Crippen LogP contribution in [0, 0.1) is 0 Å². The van der Waals surface area contributed by atoms with Crippen LogP contribution in [0.1, 0.15) is 49.0 Å². The molecule has 1 aliphatic heterocycles. The van der Waals surface area contributed by atoms with Crippen molar-refractivity contribution in [2.75, 3.05) is 6.61 Å². The average molecular weight is 366 g/mol. The molecule has 2 aromatic rings. The largest absolute Gasteiger partial charge is 0.490 e. The molecule has 1 atom stereocenters. The molecule has 1 saturated heterocycles. The second kappa shape index (κ2) is 9.38. The predicted molar refractivity (Wildman–Crippen MR) is 106 cm³/mol. The summed E-state index contributed by atoms with van der Waals surface area (Å²) in [4.78, 5) is 13.0. The van der Waals surface area contributed by atoms with E-state index in [-0.39, 0.29) is 18.2 Å². The highest BCUT2D eigenvalue weighted by atomic mass is 16.7. The summed E-state index contributed by atoms with van der Waals surface area (Å²) >= 11 is 0. The molecule has 27 heavy (non-hydrogen) atoms. The summed E-state index contributed by atoms with van der Waals surface area (Å²) in [6.07, 6.45) is 5.92. The molecule has 0 aromatic heterocycles. The second-order valence-corrected chi connectivity index (χ2v) is 6.82. The van der Waals surface area contributed by atoms with E-state index in [1.165, 1.54) is 0 Å². The first-order chi connectivity index (χ1) is 13.1. The fourth-order valence-corrected chi connectivity index (χ4v) is 2.97. The monoisotopic (exact) mass is 366 g/mol. The topological polar surface area (TPSA) is 44.8 Å². The van der Waals surface area contributed by atoms with E-state index in [9.17, 15) is 4.79 Å². The van der Waals surface area contributed by atoms with Gasteiger partial charge < -0.3 is 14.2 Å². The number of allylic oxidation sites excluding steroid dienone is 1. The highest BCUT2D eigenvalue weighted by Gasteiger charge is 2.22. The van der Waals surface area contributed by atoms with Crippen molar-refractivity contribution in [2.45, 2.75) is 45.5 Å². The van der Waals surface area contributed by atoms with Crippen molar-refractivity contribution >= 4 is 11.9 Å². The smallest absolute Gasteiger partial charge is 0.199 e. The summed E-state index contributed by atoms with van der Waals surface area (Å²) < 4.78 is 17.6. The van der Waals surface area contributed by atoms with Gasteiger partial charge in [0.2, 0.25) is 0 Å². The summed E-state index contributed by atoms with van der Waals surface area (Å²) in [6.45, 7) is 4.56. The van der Waals surface area contributed by atoms with Gasteiger partial charge in [-0.3, -0.25) is 4.79 Å². The molecule has 0 N–H and O–H groups in total. The molecule has 0 bridgehead atoms. The first kappa shape index (κ1) is 19.2. The molecule has 0 amide bonds. The third-order valence-electron chi connectivity index (χ3n) is 4.22. The molecular formula is C23H26O4. The quantitative estimate of drug-likeness (QED) is 0.494. The van der Waals surface area contributed by atoms with Crippen LogP contribution in [0.2, 0.25) is 0 Å². The number of carbonyl (C=O) groups is 1. The number of benzene rings is 2. The van der Waals surface area contributed by atoms with Crippen LogP contribution in [0.25, 0.3) is 6.08 Å². The van der Waals surface area contributed by atoms with Crippen LogP contribution in [-0.2, 0) is 4.74 Å². The summed E-state index contributed by atoms with van der Waals surface area (Å²) in [6, 6.07) is 15.2. The van der Waals surface area contributed by atoms with E-state index in [4.69, 9.17) is 14.2 Å². The van der Waals surface area contributed by atoms with Crippen molar-refractivity contribution in [2.24, 2.45) is 0 Å². The molecule has 1 heterocycles. The molecule has 0 aliphatic carbocycles. The standard InChI is InChI=1S/C23H26O4/c1-17(2)26-20-11-8-12-21(27-22-13-6-7-16-25-22)23(20)19(24)15-14-18-9-4-3-5-10-18/h3-5,8-12,14-15,17,22H,6-7,13,16H2,1-2H3/b15-14+. The molecular weight excluding hydrogens is 340 g/mol. The van der Waals surface area contributed by atoms with Gasteiger partial charge in [-0.25, -0.2) is 0 Å².